The maximum atomic E-state index is 12.7. The number of hydrogen-bond donors (Lipinski definition) is 2. The number of rotatable bonds is 3. The zero-order valence-corrected chi connectivity index (χ0v) is 15.0. The summed E-state index contributed by atoms with van der Waals surface area (Å²) < 4.78 is 11.3. The van der Waals surface area contributed by atoms with Crippen molar-refractivity contribution in [1.29, 1.82) is 0 Å². The van der Waals surface area contributed by atoms with Crippen molar-refractivity contribution in [3.8, 4) is 5.75 Å². The van der Waals surface area contributed by atoms with Gasteiger partial charge in [0.2, 0.25) is 0 Å². The molecule has 7 heteroatoms. The number of aromatic amines is 1. The van der Waals surface area contributed by atoms with Crippen LogP contribution in [0.15, 0.2) is 45.6 Å². The second-order valence-electron chi connectivity index (χ2n) is 6.24. The largest absolute Gasteiger partial charge is 0.495 e. The standard InChI is InChI=1S/C20H17N3O4/c1-10-11(2)22-23-20(25)18(10)19(24)21-14-9-16-13(8-17(14)26-3)12-6-4-5-7-15(12)27-16/h4-9H,1-3H3,(H,21,24)(H,23,25). The van der Waals surface area contributed by atoms with Crippen molar-refractivity contribution in [2.45, 2.75) is 13.8 Å². The summed E-state index contributed by atoms with van der Waals surface area (Å²) in [6.45, 7) is 3.41. The number of H-pyrrole nitrogens is 1. The fourth-order valence-corrected chi connectivity index (χ4v) is 3.10. The Hall–Kier alpha value is -3.61. The highest BCUT2D eigenvalue weighted by atomic mass is 16.5. The lowest BCUT2D eigenvalue weighted by Crippen LogP contribution is -2.26. The molecule has 27 heavy (non-hydrogen) atoms. The predicted molar refractivity (Wildman–Crippen MR) is 103 cm³/mol. The number of hydrogen-bond acceptors (Lipinski definition) is 5. The van der Waals surface area contributed by atoms with Gasteiger partial charge < -0.3 is 14.5 Å². The normalized spacial score (nSPS) is 11.1. The average Bonchev–Trinajstić information content (AvgIpc) is 3.01. The summed E-state index contributed by atoms with van der Waals surface area (Å²) in [7, 11) is 1.52. The van der Waals surface area contributed by atoms with Gasteiger partial charge in [0.05, 0.1) is 18.5 Å². The highest BCUT2D eigenvalue weighted by Crippen LogP contribution is 2.36. The van der Waals surface area contributed by atoms with Gasteiger partial charge in [0, 0.05) is 16.8 Å². The van der Waals surface area contributed by atoms with Crippen LogP contribution in [0.3, 0.4) is 0 Å². The van der Waals surface area contributed by atoms with Crippen LogP contribution in [0.4, 0.5) is 5.69 Å². The number of furan rings is 1. The topological polar surface area (TPSA) is 97.2 Å². The first-order valence-corrected chi connectivity index (χ1v) is 8.36. The molecular weight excluding hydrogens is 346 g/mol. The van der Waals surface area contributed by atoms with Gasteiger partial charge in [-0.2, -0.15) is 5.10 Å². The number of carbonyl (C=O) groups excluding carboxylic acids is 1. The first kappa shape index (κ1) is 16.8. The number of anilines is 1. The van der Waals surface area contributed by atoms with Gasteiger partial charge in [-0.1, -0.05) is 18.2 Å². The van der Waals surface area contributed by atoms with Crippen molar-refractivity contribution in [2.24, 2.45) is 0 Å². The molecule has 2 N–H and O–H groups in total. The van der Waals surface area contributed by atoms with E-state index in [0.29, 0.717) is 28.3 Å². The zero-order valence-electron chi connectivity index (χ0n) is 15.0. The van der Waals surface area contributed by atoms with Crippen LogP contribution in [0.5, 0.6) is 5.75 Å². The molecule has 0 spiro atoms. The van der Waals surface area contributed by atoms with Crippen LogP contribution in [0.1, 0.15) is 21.6 Å². The number of fused-ring (bicyclic) bond motifs is 3. The third-order valence-corrected chi connectivity index (χ3v) is 4.64. The van der Waals surface area contributed by atoms with Crippen molar-refractivity contribution in [1.82, 2.24) is 10.2 Å². The van der Waals surface area contributed by atoms with E-state index < -0.39 is 11.5 Å². The lowest BCUT2D eigenvalue weighted by Gasteiger charge is -2.11. The van der Waals surface area contributed by atoms with Crippen LogP contribution in [0.25, 0.3) is 21.9 Å². The van der Waals surface area contributed by atoms with E-state index in [4.69, 9.17) is 9.15 Å². The van der Waals surface area contributed by atoms with Gasteiger partial charge in [0.1, 0.15) is 22.5 Å². The Balaban J connectivity index is 1.82. The summed E-state index contributed by atoms with van der Waals surface area (Å²) in [5.74, 6) is -0.0599. The number of nitrogens with zero attached hydrogens (tertiary/aromatic N) is 1. The van der Waals surface area contributed by atoms with Crippen LogP contribution < -0.4 is 15.6 Å². The summed E-state index contributed by atoms with van der Waals surface area (Å²) >= 11 is 0. The third-order valence-electron chi connectivity index (χ3n) is 4.64. The molecule has 1 amide bonds. The van der Waals surface area contributed by atoms with E-state index >= 15 is 0 Å². The molecule has 0 atom stereocenters. The summed E-state index contributed by atoms with van der Waals surface area (Å²) in [6, 6.07) is 11.2. The van der Waals surface area contributed by atoms with Gasteiger partial charge in [0.15, 0.2) is 0 Å². The Bertz CT molecular complexity index is 1250. The van der Waals surface area contributed by atoms with E-state index in [1.807, 2.05) is 30.3 Å². The third kappa shape index (κ3) is 2.73. The molecule has 2 aromatic carbocycles. The molecule has 0 aliphatic rings. The van der Waals surface area contributed by atoms with Gasteiger partial charge >= 0.3 is 0 Å². The van der Waals surface area contributed by atoms with Gasteiger partial charge in [-0.05, 0) is 31.5 Å². The van der Waals surface area contributed by atoms with E-state index in [1.165, 1.54) is 7.11 Å². The van der Waals surface area contributed by atoms with Crippen LogP contribution >= 0.6 is 0 Å². The van der Waals surface area contributed by atoms with Crippen molar-refractivity contribution in [3.63, 3.8) is 0 Å². The van der Waals surface area contributed by atoms with Crippen molar-refractivity contribution >= 4 is 33.5 Å². The number of methoxy groups -OCH3 is 1. The van der Waals surface area contributed by atoms with Crippen molar-refractivity contribution in [2.75, 3.05) is 12.4 Å². The van der Waals surface area contributed by atoms with Crippen LogP contribution in [-0.4, -0.2) is 23.2 Å². The van der Waals surface area contributed by atoms with E-state index in [-0.39, 0.29) is 5.56 Å². The van der Waals surface area contributed by atoms with Gasteiger partial charge in [0.25, 0.3) is 11.5 Å². The highest BCUT2D eigenvalue weighted by Gasteiger charge is 2.19. The highest BCUT2D eigenvalue weighted by molar-refractivity contribution is 6.10. The molecule has 0 saturated heterocycles. The lowest BCUT2D eigenvalue weighted by molar-refractivity contribution is 0.102. The van der Waals surface area contributed by atoms with Gasteiger partial charge in [-0.15, -0.1) is 0 Å². The molecule has 0 saturated carbocycles. The Labute approximate surface area is 154 Å². The fourth-order valence-electron chi connectivity index (χ4n) is 3.10. The fraction of sp³-hybridized carbons (Fsp3) is 0.150. The van der Waals surface area contributed by atoms with Crippen LogP contribution in [0.2, 0.25) is 0 Å². The number of para-hydroxylation sites is 1. The molecule has 0 aliphatic heterocycles. The molecule has 0 bridgehead atoms. The molecular formula is C20H17N3O4. The number of nitrogens with one attached hydrogen (secondary N) is 2. The monoisotopic (exact) mass is 363 g/mol. The molecule has 2 aromatic heterocycles. The van der Waals surface area contributed by atoms with E-state index in [2.05, 4.69) is 15.5 Å². The molecule has 4 rings (SSSR count). The molecule has 0 aliphatic carbocycles. The number of aromatic nitrogens is 2. The molecule has 0 fully saturated rings. The minimum absolute atomic E-state index is 0.0225. The maximum absolute atomic E-state index is 12.7. The number of benzene rings is 2. The van der Waals surface area contributed by atoms with Crippen LogP contribution in [0, 0.1) is 13.8 Å². The summed E-state index contributed by atoms with van der Waals surface area (Å²) in [4.78, 5) is 24.8. The molecule has 4 aromatic rings. The number of amides is 1. The predicted octanol–water partition coefficient (Wildman–Crippen LogP) is 3.55. The molecule has 7 nitrogen and oxygen atoms in total. The summed E-state index contributed by atoms with van der Waals surface area (Å²) in [6.07, 6.45) is 0. The first-order chi connectivity index (χ1) is 13.0. The smallest absolute Gasteiger partial charge is 0.277 e. The second-order valence-corrected chi connectivity index (χ2v) is 6.24. The van der Waals surface area contributed by atoms with E-state index in [0.717, 1.165) is 16.4 Å². The van der Waals surface area contributed by atoms with E-state index in [9.17, 15) is 9.59 Å². The van der Waals surface area contributed by atoms with E-state index in [1.54, 1.807) is 19.9 Å². The zero-order chi connectivity index (χ0) is 19.1. The van der Waals surface area contributed by atoms with Crippen LogP contribution in [-0.2, 0) is 0 Å². The molecule has 0 radical (unpaired) electrons. The molecule has 136 valence electrons. The molecule has 2 heterocycles. The number of aryl methyl sites for hydroxylation is 1. The number of carbonyl (C=O) groups is 1. The Morgan fingerprint density at radius 1 is 1.15 bits per heavy atom. The van der Waals surface area contributed by atoms with Gasteiger partial charge in [-0.3, -0.25) is 9.59 Å². The van der Waals surface area contributed by atoms with Crippen molar-refractivity contribution < 1.29 is 13.9 Å². The Morgan fingerprint density at radius 2 is 1.93 bits per heavy atom. The minimum Gasteiger partial charge on any atom is -0.495 e. The average molecular weight is 363 g/mol. The lowest BCUT2D eigenvalue weighted by atomic mass is 10.1. The van der Waals surface area contributed by atoms with Gasteiger partial charge in [-0.25, -0.2) is 5.10 Å². The second kappa shape index (κ2) is 6.28. The minimum atomic E-state index is -0.542. The quantitative estimate of drug-likeness (QED) is 0.580. The first-order valence-electron chi connectivity index (χ1n) is 8.36. The Kier molecular flexibility index (Phi) is 3.92. The summed E-state index contributed by atoms with van der Waals surface area (Å²) in [5, 5.41) is 10.8. The van der Waals surface area contributed by atoms with Crippen molar-refractivity contribution in [3.05, 3.63) is 63.6 Å². The number of ether oxygens (including phenoxy) is 1. The molecule has 0 unspecified atom stereocenters. The summed E-state index contributed by atoms with van der Waals surface area (Å²) in [5.41, 5.74) is 2.37. The maximum Gasteiger partial charge on any atom is 0.277 e. The SMILES string of the molecule is COc1cc2c(cc1NC(=O)c1c(C)c(C)n[nH]c1=O)oc1ccccc12. The Morgan fingerprint density at radius 3 is 2.70 bits per heavy atom.